The minimum atomic E-state index is 0.518. The quantitative estimate of drug-likeness (QED) is 0.749. The molecular weight excluding hydrogens is 216 g/mol. The molecule has 0 aliphatic heterocycles. The maximum Gasteiger partial charge on any atom is 0.247 e. The first-order valence-electron chi connectivity index (χ1n) is 4.21. The number of nitrogens with two attached hydrogens (primary N) is 1. The lowest BCUT2D eigenvalue weighted by Crippen LogP contribution is -2.02. The Balaban J connectivity index is 2.29. The molecule has 6 nitrogen and oxygen atoms in total. The predicted octanol–water partition coefficient (Wildman–Crippen LogP) is 1.19. The number of aryl methyl sites for hydroxylation is 1. The summed E-state index contributed by atoms with van der Waals surface area (Å²) in [7, 11) is 1.73. The average Bonchev–Trinajstić information content (AvgIpc) is 2.57. The molecule has 0 fully saturated rings. The van der Waals surface area contributed by atoms with Gasteiger partial charge in [-0.25, -0.2) is 4.68 Å². The zero-order valence-corrected chi connectivity index (χ0v) is 8.73. The van der Waals surface area contributed by atoms with Gasteiger partial charge >= 0.3 is 0 Å². The van der Waals surface area contributed by atoms with Gasteiger partial charge in [0, 0.05) is 12.1 Å². The Bertz CT molecular complexity index is 480. The number of rotatable bonds is 2. The van der Waals surface area contributed by atoms with E-state index in [2.05, 4.69) is 20.8 Å². The molecule has 1 aromatic heterocycles. The van der Waals surface area contributed by atoms with Crippen LogP contribution in [0.5, 0.6) is 0 Å². The van der Waals surface area contributed by atoms with E-state index in [0.717, 1.165) is 5.69 Å². The molecule has 78 valence electrons. The second kappa shape index (κ2) is 3.74. The van der Waals surface area contributed by atoms with Crippen LogP contribution < -0.4 is 11.1 Å². The van der Waals surface area contributed by atoms with Gasteiger partial charge in [0.25, 0.3) is 0 Å². The summed E-state index contributed by atoms with van der Waals surface area (Å²) in [5.74, 6) is 0.518. The molecule has 0 radical (unpaired) electrons. The minimum Gasteiger partial charge on any atom is -0.397 e. The highest BCUT2D eigenvalue weighted by molar-refractivity contribution is 6.31. The van der Waals surface area contributed by atoms with Gasteiger partial charge in [0.15, 0.2) is 0 Å². The van der Waals surface area contributed by atoms with Crippen LogP contribution in [0.1, 0.15) is 0 Å². The van der Waals surface area contributed by atoms with Crippen LogP contribution in [0.4, 0.5) is 17.3 Å². The van der Waals surface area contributed by atoms with Gasteiger partial charge in [-0.15, -0.1) is 0 Å². The zero-order chi connectivity index (χ0) is 10.8. The average molecular weight is 225 g/mol. The van der Waals surface area contributed by atoms with Crippen molar-refractivity contribution >= 4 is 28.9 Å². The fourth-order valence-electron chi connectivity index (χ4n) is 1.10. The van der Waals surface area contributed by atoms with Crippen LogP contribution in [-0.2, 0) is 7.05 Å². The third-order valence-corrected chi connectivity index (χ3v) is 2.12. The molecule has 3 N–H and O–H groups in total. The second-order valence-electron chi connectivity index (χ2n) is 2.98. The van der Waals surface area contributed by atoms with Crippen molar-refractivity contribution in [3.8, 4) is 0 Å². The lowest BCUT2D eigenvalue weighted by atomic mass is 10.3. The predicted molar refractivity (Wildman–Crippen MR) is 57.9 cm³/mol. The van der Waals surface area contributed by atoms with Gasteiger partial charge < -0.3 is 11.1 Å². The number of nitrogen functional groups attached to an aromatic ring is 1. The van der Waals surface area contributed by atoms with E-state index in [0.29, 0.717) is 16.7 Å². The van der Waals surface area contributed by atoms with Crippen molar-refractivity contribution < 1.29 is 0 Å². The summed E-state index contributed by atoms with van der Waals surface area (Å²) in [6, 6.07) is 5.17. The van der Waals surface area contributed by atoms with Crippen molar-refractivity contribution in [1.82, 2.24) is 20.2 Å². The summed E-state index contributed by atoms with van der Waals surface area (Å²) in [6.07, 6.45) is 0. The van der Waals surface area contributed by atoms with E-state index in [1.807, 2.05) is 0 Å². The molecule has 0 bridgehead atoms. The van der Waals surface area contributed by atoms with E-state index in [4.69, 9.17) is 17.3 Å². The van der Waals surface area contributed by atoms with E-state index < -0.39 is 0 Å². The number of benzene rings is 1. The van der Waals surface area contributed by atoms with E-state index in [-0.39, 0.29) is 0 Å². The number of hydrogen-bond acceptors (Lipinski definition) is 5. The van der Waals surface area contributed by atoms with Crippen LogP contribution >= 0.6 is 11.6 Å². The third kappa shape index (κ3) is 1.99. The van der Waals surface area contributed by atoms with Crippen LogP contribution in [-0.4, -0.2) is 20.2 Å². The molecule has 0 amide bonds. The maximum absolute atomic E-state index is 5.78. The number of hydrogen-bond donors (Lipinski definition) is 2. The van der Waals surface area contributed by atoms with Crippen LogP contribution in [0.3, 0.4) is 0 Å². The van der Waals surface area contributed by atoms with Crippen molar-refractivity contribution in [2.45, 2.75) is 0 Å². The van der Waals surface area contributed by atoms with Crippen LogP contribution in [0, 0.1) is 0 Å². The second-order valence-corrected chi connectivity index (χ2v) is 3.42. The number of halogens is 1. The molecule has 0 saturated heterocycles. The summed E-state index contributed by atoms with van der Waals surface area (Å²) < 4.78 is 1.51. The molecule has 0 aliphatic carbocycles. The normalized spacial score (nSPS) is 10.3. The molecule has 0 aliphatic rings. The Morgan fingerprint density at radius 3 is 2.87 bits per heavy atom. The molecule has 1 aromatic carbocycles. The number of tetrazole rings is 1. The van der Waals surface area contributed by atoms with Gasteiger partial charge in [-0.1, -0.05) is 16.7 Å². The van der Waals surface area contributed by atoms with Crippen LogP contribution in [0.15, 0.2) is 18.2 Å². The molecule has 0 saturated carbocycles. The number of nitrogens with zero attached hydrogens (tertiary/aromatic N) is 4. The van der Waals surface area contributed by atoms with Gasteiger partial charge in [-0.05, 0) is 28.6 Å². The molecule has 0 atom stereocenters. The van der Waals surface area contributed by atoms with E-state index in [9.17, 15) is 0 Å². The Kier molecular flexibility index (Phi) is 2.42. The van der Waals surface area contributed by atoms with Crippen molar-refractivity contribution in [2.24, 2.45) is 7.05 Å². The molecule has 1 heterocycles. The topological polar surface area (TPSA) is 81.7 Å². The van der Waals surface area contributed by atoms with E-state index in [1.54, 1.807) is 25.2 Å². The molecule has 2 aromatic rings. The lowest BCUT2D eigenvalue weighted by molar-refractivity contribution is 0.715. The molecule has 7 heteroatoms. The fraction of sp³-hybridized carbons (Fsp3) is 0.125. The fourth-order valence-corrected chi connectivity index (χ4v) is 1.28. The summed E-state index contributed by atoms with van der Waals surface area (Å²) >= 11 is 5.78. The minimum absolute atomic E-state index is 0.518. The van der Waals surface area contributed by atoms with Crippen molar-refractivity contribution in [3.63, 3.8) is 0 Å². The van der Waals surface area contributed by atoms with Crippen molar-refractivity contribution in [1.29, 1.82) is 0 Å². The Morgan fingerprint density at radius 1 is 1.47 bits per heavy atom. The highest BCUT2D eigenvalue weighted by atomic mass is 35.5. The summed E-state index contributed by atoms with van der Waals surface area (Å²) in [4.78, 5) is 0. The van der Waals surface area contributed by atoms with Crippen molar-refractivity contribution in [3.05, 3.63) is 23.2 Å². The lowest BCUT2D eigenvalue weighted by Gasteiger charge is -2.07. The summed E-state index contributed by atoms with van der Waals surface area (Å²) in [5.41, 5.74) is 7.03. The first-order chi connectivity index (χ1) is 7.16. The van der Waals surface area contributed by atoms with E-state index in [1.165, 1.54) is 4.68 Å². The van der Waals surface area contributed by atoms with Gasteiger partial charge in [-0.2, -0.15) is 0 Å². The highest BCUT2D eigenvalue weighted by Crippen LogP contribution is 2.24. The highest BCUT2D eigenvalue weighted by Gasteiger charge is 2.04. The number of aromatic nitrogens is 4. The SMILES string of the molecule is Cn1nnnc1Nc1ccc(Cl)cc1N. The zero-order valence-electron chi connectivity index (χ0n) is 7.98. The maximum atomic E-state index is 5.78. The molecule has 15 heavy (non-hydrogen) atoms. The molecule has 2 rings (SSSR count). The smallest absolute Gasteiger partial charge is 0.247 e. The Hall–Kier alpha value is -1.82. The molecular formula is C8H9ClN6. The first kappa shape index (κ1) is 9.72. The van der Waals surface area contributed by atoms with Gasteiger partial charge in [0.2, 0.25) is 5.95 Å². The molecule has 0 unspecified atom stereocenters. The third-order valence-electron chi connectivity index (χ3n) is 1.88. The molecule has 0 spiro atoms. The summed E-state index contributed by atoms with van der Waals surface area (Å²) in [5, 5.41) is 14.5. The first-order valence-corrected chi connectivity index (χ1v) is 4.59. The Morgan fingerprint density at radius 2 is 2.27 bits per heavy atom. The summed E-state index contributed by atoms with van der Waals surface area (Å²) in [6.45, 7) is 0. The number of anilines is 3. The monoisotopic (exact) mass is 224 g/mol. The van der Waals surface area contributed by atoms with Crippen LogP contribution in [0.25, 0.3) is 0 Å². The van der Waals surface area contributed by atoms with Gasteiger partial charge in [-0.3, -0.25) is 0 Å². The number of nitrogens with one attached hydrogen (secondary N) is 1. The Labute approximate surface area is 91.0 Å². The van der Waals surface area contributed by atoms with E-state index >= 15 is 0 Å². The largest absolute Gasteiger partial charge is 0.397 e. The van der Waals surface area contributed by atoms with Crippen LogP contribution in [0.2, 0.25) is 5.02 Å². The van der Waals surface area contributed by atoms with Gasteiger partial charge in [0.1, 0.15) is 0 Å². The van der Waals surface area contributed by atoms with Crippen molar-refractivity contribution in [2.75, 3.05) is 11.1 Å². The standard InChI is InChI=1S/C8H9ClN6/c1-15-8(12-13-14-15)11-7-3-2-5(9)4-6(7)10/h2-4H,10H2,1H3,(H,11,12,14). The van der Waals surface area contributed by atoms with Gasteiger partial charge in [0.05, 0.1) is 11.4 Å².